The molecular weight excluding hydrogens is 462 g/mol. The number of sulfonamides is 1. The van der Waals surface area contributed by atoms with Gasteiger partial charge < -0.3 is 9.88 Å². The van der Waals surface area contributed by atoms with Crippen molar-refractivity contribution in [2.45, 2.75) is 57.9 Å². The number of nitrogens with zero attached hydrogens (tertiary/aromatic N) is 4. The molecule has 0 aliphatic carbocycles. The molecule has 8 nitrogen and oxygen atoms in total. The van der Waals surface area contributed by atoms with Gasteiger partial charge in [0.25, 0.3) is 5.91 Å². The van der Waals surface area contributed by atoms with Crippen LogP contribution < -0.4 is 5.32 Å². The van der Waals surface area contributed by atoms with E-state index in [0.717, 1.165) is 38.1 Å². The van der Waals surface area contributed by atoms with Crippen molar-refractivity contribution in [1.29, 1.82) is 0 Å². The molecule has 2 aromatic heterocycles. The zero-order chi connectivity index (χ0) is 23.8. The van der Waals surface area contributed by atoms with Gasteiger partial charge >= 0.3 is 0 Å². The van der Waals surface area contributed by atoms with Gasteiger partial charge in [-0.15, -0.1) is 0 Å². The van der Waals surface area contributed by atoms with Crippen LogP contribution in [-0.4, -0.2) is 46.3 Å². The largest absolute Gasteiger partial charge is 0.321 e. The number of nitrogens with one attached hydrogen (secondary N) is 1. The second kappa shape index (κ2) is 9.40. The predicted molar refractivity (Wildman–Crippen MR) is 129 cm³/mol. The third-order valence-corrected chi connectivity index (χ3v) is 8.34. The van der Waals surface area contributed by atoms with Crippen LogP contribution in [0.2, 0.25) is 5.02 Å². The van der Waals surface area contributed by atoms with Crippen LogP contribution in [0.15, 0.2) is 29.2 Å². The molecule has 0 bridgehead atoms. The third-order valence-electron chi connectivity index (χ3n) is 5.97. The summed E-state index contributed by atoms with van der Waals surface area (Å²) in [6.45, 7) is 6.94. The van der Waals surface area contributed by atoms with E-state index < -0.39 is 15.9 Å². The summed E-state index contributed by atoms with van der Waals surface area (Å²) in [5.74, 6) is 0.540. The average Bonchev–Trinajstić information content (AvgIpc) is 2.95. The molecule has 0 saturated heterocycles. The highest BCUT2D eigenvalue weighted by Gasteiger charge is 2.24. The van der Waals surface area contributed by atoms with Crippen LogP contribution in [0.5, 0.6) is 0 Å². The van der Waals surface area contributed by atoms with Crippen molar-refractivity contribution in [3.63, 3.8) is 0 Å². The Hall–Kier alpha value is -2.49. The van der Waals surface area contributed by atoms with E-state index in [1.807, 2.05) is 6.92 Å². The van der Waals surface area contributed by atoms with Gasteiger partial charge in [-0.1, -0.05) is 31.9 Å². The summed E-state index contributed by atoms with van der Waals surface area (Å²) in [5, 5.41) is 3.05. The van der Waals surface area contributed by atoms with Crippen molar-refractivity contribution in [1.82, 2.24) is 18.8 Å². The Morgan fingerprint density at radius 2 is 1.91 bits per heavy atom. The number of anilines is 1. The number of amides is 1. The minimum Gasteiger partial charge on any atom is -0.321 e. The minimum atomic E-state index is -3.69. The number of carbonyl (C=O) groups is 1. The maximum absolute atomic E-state index is 13.3. The van der Waals surface area contributed by atoms with E-state index in [9.17, 15) is 13.2 Å². The fourth-order valence-electron chi connectivity index (χ4n) is 4.25. The van der Waals surface area contributed by atoms with Gasteiger partial charge in [0.2, 0.25) is 10.0 Å². The minimum absolute atomic E-state index is 0.0793. The summed E-state index contributed by atoms with van der Waals surface area (Å²) < 4.78 is 29.3. The van der Waals surface area contributed by atoms with Crippen LogP contribution in [-0.2, 0) is 23.0 Å². The SMILES string of the molecule is CCN(CC)S(=O)(=O)c1ccc(Cl)c(NC(=O)c2cc(C)nc3c2nc2n3CCCCC2)c1. The molecule has 0 atom stereocenters. The first-order valence-corrected chi connectivity index (χ1v) is 13.1. The first-order valence-electron chi connectivity index (χ1n) is 11.2. The maximum atomic E-state index is 13.3. The van der Waals surface area contributed by atoms with E-state index >= 15 is 0 Å². The van der Waals surface area contributed by atoms with E-state index in [1.165, 1.54) is 22.5 Å². The Kier molecular flexibility index (Phi) is 6.74. The molecule has 1 aromatic carbocycles. The van der Waals surface area contributed by atoms with Crippen LogP contribution in [0.4, 0.5) is 5.69 Å². The molecule has 0 fully saturated rings. The normalized spacial score (nSPS) is 14.3. The van der Waals surface area contributed by atoms with Gasteiger partial charge in [0.05, 0.1) is 21.2 Å². The molecular formula is C23H28ClN5O3S. The Balaban J connectivity index is 1.72. The summed E-state index contributed by atoms with van der Waals surface area (Å²) >= 11 is 6.32. The molecule has 0 spiro atoms. The number of benzene rings is 1. The Labute approximate surface area is 199 Å². The van der Waals surface area contributed by atoms with Crippen LogP contribution in [0.3, 0.4) is 0 Å². The number of carbonyl (C=O) groups excluding carboxylic acids is 1. The van der Waals surface area contributed by atoms with Gasteiger partial charge in [0.15, 0.2) is 5.65 Å². The summed E-state index contributed by atoms with van der Waals surface area (Å²) in [6, 6.07) is 6.04. The topological polar surface area (TPSA) is 97.2 Å². The smallest absolute Gasteiger partial charge is 0.258 e. The molecule has 4 rings (SSSR count). The third kappa shape index (κ3) is 4.49. The standard InChI is InChI=1S/C23H28ClN5O3S/c1-4-28(5-2)33(31,32)16-10-11-18(24)19(14-16)26-23(30)17-13-15(3)25-22-21(17)27-20-9-7-6-8-12-29(20)22/h10-11,13-14H,4-9,12H2,1-3H3,(H,26,30). The molecule has 33 heavy (non-hydrogen) atoms. The highest BCUT2D eigenvalue weighted by molar-refractivity contribution is 7.89. The molecule has 0 unspecified atom stereocenters. The molecule has 1 aliphatic heterocycles. The number of hydrogen-bond acceptors (Lipinski definition) is 5. The number of aromatic nitrogens is 3. The second-order valence-corrected chi connectivity index (χ2v) is 10.5. The predicted octanol–water partition coefficient (Wildman–Crippen LogP) is 4.40. The molecule has 176 valence electrons. The van der Waals surface area contributed by atoms with Crippen molar-refractivity contribution in [3.05, 3.63) is 46.4 Å². The summed E-state index contributed by atoms with van der Waals surface area (Å²) in [7, 11) is -3.69. The number of imidazole rings is 1. The summed E-state index contributed by atoms with van der Waals surface area (Å²) in [6.07, 6.45) is 4.12. The van der Waals surface area contributed by atoms with Gasteiger partial charge in [0.1, 0.15) is 11.3 Å². The lowest BCUT2D eigenvalue weighted by Crippen LogP contribution is -2.30. The Morgan fingerprint density at radius 3 is 2.64 bits per heavy atom. The molecule has 0 saturated carbocycles. The fourth-order valence-corrected chi connectivity index (χ4v) is 5.90. The second-order valence-electron chi connectivity index (χ2n) is 8.16. The van der Waals surface area contributed by atoms with Crippen molar-refractivity contribution < 1.29 is 13.2 Å². The fraction of sp³-hybridized carbons (Fsp3) is 0.435. The monoisotopic (exact) mass is 489 g/mol. The molecule has 10 heteroatoms. The van der Waals surface area contributed by atoms with Gasteiger partial charge in [0, 0.05) is 31.7 Å². The zero-order valence-electron chi connectivity index (χ0n) is 19.1. The summed E-state index contributed by atoms with van der Waals surface area (Å²) in [5.41, 5.74) is 2.60. The molecule has 0 radical (unpaired) electrons. The Morgan fingerprint density at radius 1 is 1.15 bits per heavy atom. The highest BCUT2D eigenvalue weighted by atomic mass is 35.5. The zero-order valence-corrected chi connectivity index (χ0v) is 20.6. The molecule has 1 N–H and O–H groups in total. The van der Waals surface area contributed by atoms with Gasteiger partial charge in [-0.3, -0.25) is 4.79 Å². The number of hydrogen-bond donors (Lipinski definition) is 1. The highest BCUT2D eigenvalue weighted by Crippen LogP contribution is 2.29. The lowest BCUT2D eigenvalue weighted by atomic mass is 10.1. The van der Waals surface area contributed by atoms with Crippen molar-refractivity contribution >= 4 is 44.4 Å². The van der Waals surface area contributed by atoms with Crippen molar-refractivity contribution in [2.24, 2.45) is 0 Å². The van der Waals surface area contributed by atoms with Gasteiger partial charge in [-0.2, -0.15) is 4.31 Å². The first kappa shape index (κ1) is 23.7. The molecule has 1 aliphatic rings. The number of aryl methyl sites for hydroxylation is 3. The van der Waals surface area contributed by atoms with E-state index in [0.29, 0.717) is 35.5 Å². The molecule has 3 heterocycles. The lowest BCUT2D eigenvalue weighted by molar-refractivity contribution is 0.102. The Bertz CT molecular complexity index is 1320. The van der Waals surface area contributed by atoms with E-state index in [2.05, 4.69) is 14.9 Å². The number of rotatable bonds is 6. The maximum Gasteiger partial charge on any atom is 0.258 e. The van der Waals surface area contributed by atoms with Crippen molar-refractivity contribution in [3.8, 4) is 0 Å². The first-order chi connectivity index (χ1) is 15.8. The average molecular weight is 490 g/mol. The van der Waals surface area contributed by atoms with Crippen LogP contribution in [0.1, 0.15) is 55.0 Å². The number of fused-ring (bicyclic) bond motifs is 3. The van der Waals surface area contributed by atoms with Crippen LogP contribution in [0, 0.1) is 6.92 Å². The number of halogens is 1. The summed E-state index contributed by atoms with van der Waals surface area (Å²) in [4.78, 5) is 22.8. The van der Waals surface area contributed by atoms with Crippen LogP contribution in [0.25, 0.3) is 11.2 Å². The van der Waals surface area contributed by atoms with E-state index in [4.69, 9.17) is 16.6 Å². The number of pyridine rings is 1. The van der Waals surface area contributed by atoms with E-state index in [1.54, 1.807) is 19.9 Å². The van der Waals surface area contributed by atoms with E-state index in [-0.39, 0.29) is 15.6 Å². The van der Waals surface area contributed by atoms with Gasteiger partial charge in [-0.25, -0.2) is 18.4 Å². The molecule has 3 aromatic rings. The van der Waals surface area contributed by atoms with Gasteiger partial charge in [-0.05, 0) is 44.0 Å². The molecule has 1 amide bonds. The van der Waals surface area contributed by atoms with Crippen LogP contribution >= 0.6 is 11.6 Å². The van der Waals surface area contributed by atoms with Crippen molar-refractivity contribution in [2.75, 3.05) is 18.4 Å². The quantitative estimate of drug-likeness (QED) is 0.553. The lowest BCUT2D eigenvalue weighted by Gasteiger charge is -2.19.